The van der Waals surface area contributed by atoms with Crippen LogP contribution in [0, 0.1) is 58.4 Å². The number of carbonyl (C=O) groups excluding carboxylic acids is 2. The van der Waals surface area contributed by atoms with Crippen LogP contribution in [0.1, 0.15) is 79.1 Å². The first-order valence-corrected chi connectivity index (χ1v) is 18.8. The Morgan fingerprint density at radius 1 is 0.717 bits per heavy atom. The first-order valence-electron chi connectivity index (χ1n) is 16.9. The van der Waals surface area contributed by atoms with Crippen LogP contribution in [0.25, 0.3) is 0 Å². The minimum absolute atomic E-state index is 0. The Hall–Kier alpha value is -2.07. The number of hydrogen-bond acceptors (Lipinski definition) is 2. The van der Waals surface area contributed by atoms with Crippen molar-refractivity contribution in [1.82, 2.24) is 0 Å². The minimum Gasteiger partial charge on any atom is -0.376 e. The van der Waals surface area contributed by atoms with E-state index in [1.54, 1.807) is 13.8 Å². The topological polar surface area (TPSA) is 58.2 Å². The van der Waals surface area contributed by atoms with Crippen LogP contribution in [-0.4, -0.2) is 34.3 Å². The van der Waals surface area contributed by atoms with E-state index in [0.29, 0.717) is 12.8 Å². The van der Waals surface area contributed by atoms with Crippen LogP contribution in [0.15, 0.2) is 60.7 Å². The number of carbonyl (C=O) groups is 2. The molecule has 2 aromatic rings. The number of rotatable bonds is 14. The van der Waals surface area contributed by atoms with Crippen LogP contribution in [0.4, 0.5) is 28.9 Å². The van der Waals surface area contributed by atoms with Gasteiger partial charge in [0.15, 0.2) is 0 Å². The summed E-state index contributed by atoms with van der Waals surface area (Å²) in [6.45, 7) is 7.30. The molecule has 2 aliphatic carbocycles. The standard InChI is InChI=1S/2C15H18Cl2F2NO.2C5H5.Ti/c2*1-3-4-5-13(17)15(2,9-16)14(21)20-12-7-6-10(18)8-11(12)19;2*1-2-4-5-3-1;/h2*6-7,13H,3-5,9H2,1-2H3,(H,20,21);2*1-3H,4H2;/q4*-1;+4. The van der Waals surface area contributed by atoms with Gasteiger partial charge in [0.1, 0.15) is 0 Å². The number of benzene rings is 2. The van der Waals surface area contributed by atoms with Gasteiger partial charge in [-0.3, -0.25) is 21.7 Å². The van der Waals surface area contributed by atoms with Gasteiger partial charge in [-0.15, -0.1) is 95.6 Å². The number of allylic oxidation sites excluding steroid dienone is 8. The molecule has 2 aromatic carbocycles. The van der Waals surface area contributed by atoms with Crippen molar-refractivity contribution in [2.24, 2.45) is 10.8 Å². The molecule has 13 heteroatoms. The second-order valence-electron chi connectivity index (χ2n) is 12.3. The van der Waals surface area contributed by atoms with Gasteiger partial charge in [-0.05, 0) is 38.1 Å². The summed E-state index contributed by atoms with van der Waals surface area (Å²) in [5, 5.41) is 3.87. The van der Waals surface area contributed by atoms with Crippen molar-refractivity contribution in [1.29, 1.82) is 0 Å². The summed E-state index contributed by atoms with van der Waals surface area (Å²) >= 11 is 24.4. The second kappa shape index (κ2) is 27.5. The normalized spacial score (nSPS) is 15.5. The fourth-order valence-electron chi connectivity index (χ4n) is 4.27. The molecule has 53 heavy (non-hydrogen) atoms. The molecule has 4 rings (SSSR count). The van der Waals surface area contributed by atoms with Crippen LogP contribution < -0.4 is 10.6 Å². The first-order chi connectivity index (χ1) is 24.7. The number of unbranched alkanes of at least 4 members (excludes halogenated alkanes) is 2. The molecular formula is C40H46Cl4F4N2O2Ti. The van der Waals surface area contributed by atoms with Crippen LogP contribution in [0.5, 0.6) is 0 Å². The summed E-state index contributed by atoms with van der Waals surface area (Å²) in [5.74, 6) is -4.56. The van der Waals surface area contributed by atoms with E-state index in [2.05, 4.69) is 34.9 Å². The van der Waals surface area contributed by atoms with Crippen molar-refractivity contribution in [3.63, 3.8) is 0 Å². The predicted molar refractivity (Wildman–Crippen MR) is 207 cm³/mol. The zero-order chi connectivity index (χ0) is 39.2. The van der Waals surface area contributed by atoms with Crippen molar-refractivity contribution in [2.45, 2.75) is 89.8 Å². The molecule has 0 aliphatic heterocycles. The summed E-state index contributed by atoms with van der Waals surface area (Å²) in [6.07, 6.45) is 24.9. The summed E-state index contributed by atoms with van der Waals surface area (Å²) in [7, 11) is 0. The third-order valence-corrected chi connectivity index (χ3v) is 10.5. The van der Waals surface area contributed by atoms with Gasteiger partial charge in [-0.25, -0.2) is 41.9 Å². The van der Waals surface area contributed by atoms with Gasteiger partial charge in [-0.2, -0.15) is 12.2 Å². The maximum atomic E-state index is 13.5. The maximum Gasteiger partial charge on any atom is 4.00 e. The molecule has 0 heterocycles. The van der Waals surface area contributed by atoms with Crippen molar-refractivity contribution in [2.75, 3.05) is 22.4 Å². The smallest absolute Gasteiger partial charge is 0.376 e. The number of halogens is 8. The maximum absolute atomic E-state index is 13.5. The van der Waals surface area contributed by atoms with Gasteiger partial charge in [-0.1, -0.05) is 39.5 Å². The average Bonchev–Trinajstić information content (AvgIpc) is 3.92. The zero-order valence-electron chi connectivity index (χ0n) is 30.3. The van der Waals surface area contributed by atoms with Crippen LogP contribution >= 0.6 is 46.4 Å². The first kappa shape index (κ1) is 50.9. The molecule has 2 aliphatic rings. The van der Waals surface area contributed by atoms with Crippen LogP contribution in [0.3, 0.4) is 0 Å². The minimum atomic E-state index is -1.04. The molecule has 4 unspecified atom stereocenters. The number of amides is 2. The fraction of sp³-hybridized carbons (Fsp3) is 0.450. The number of nitrogens with one attached hydrogen (secondary N) is 2. The van der Waals surface area contributed by atoms with Gasteiger partial charge >= 0.3 is 21.7 Å². The molecule has 288 valence electrons. The molecule has 0 saturated carbocycles. The fourth-order valence-corrected chi connectivity index (χ4v) is 5.70. The molecule has 0 aromatic heterocycles. The van der Waals surface area contributed by atoms with E-state index in [9.17, 15) is 27.2 Å². The Morgan fingerprint density at radius 2 is 1.08 bits per heavy atom. The van der Waals surface area contributed by atoms with E-state index in [4.69, 9.17) is 46.4 Å². The van der Waals surface area contributed by atoms with Gasteiger partial charge in [0, 0.05) is 45.8 Å². The van der Waals surface area contributed by atoms with Crippen molar-refractivity contribution in [3.8, 4) is 0 Å². The Balaban J connectivity index is 0.000000791. The number of alkyl halides is 4. The van der Waals surface area contributed by atoms with E-state index < -0.39 is 56.7 Å². The number of anilines is 2. The number of hydrogen-bond donors (Lipinski definition) is 2. The largest absolute Gasteiger partial charge is 4.00 e. The summed E-state index contributed by atoms with van der Waals surface area (Å²) in [5.41, 5.74) is -2.37. The molecule has 0 fully saturated rings. The van der Waals surface area contributed by atoms with E-state index in [-0.39, 0.29) is 44.9 Å². The molecule has 2 amide bonds. The SMILES string of the molecule is CCCCC(Cl)C(C)(CCl)C(=O)Nc1ccc(F)[c-]c1F.CCCCC(Cl)C(C)(CCl)C(=O)Nc1ccc(F)[c-]c1F.[C-]1=CC=CC1.[C-]1=CC=CC1.[Ti+4]. The quantitative estimate of drug-likeness (QED) is 0.0861. The molecule has 0 saturated heterocycles. The van der Waals surface area contributed by atoms with Crippen molar-refractivity contribution < 1.29 is 48.9 Å². The molecule has 0 radical (unpaired) electrons. The van der Waals surface area contributed by atoms with Gasteiger partial charge in [0.05, 0.1) is 10.8 Å². The molecule has 0 spiro atoms. The predicted octanol–water partition coefficient (Wildman–Crippen LogP) is 12.1. The Morgan fingerprint density at radius 3 is 1.30 bits per heavy atom. The molecule has 4 atom stereocenters. The van der Waals surface area contributed by atoms with E-state index in [1.165, 1.54) is 0 Å². The van der Waals surface area contributed by atoms with Crippen LogP contribution in [-0.2, 0) is 31.3 Å². The molecular weight excluding hydrogens is 806 g/mol. The van der Waals surface area contributed by atoms with Crippen molar-refractivity contribution >= 4 is 69.6 Å². The molecule has 4 nitrogen and oxygen atoms in total. The third-order valence-electron chi connectivity index (χ3n) is 7.99. The van der Waals surface area contributed by atoms with E-state index in [1.807, 2.05) is 50.3 Å². The average molecular weight is 852 g/mol. The van der Waals surface area contributed by atoms with Gasteiger partial charge < -0.3 is 10.6 Å². The molecule has 0 bridgehead atoms. The summed E-state index contributed by atoms with van der Waals surface area (Å²) < 4.78 is 52.7. The third kappa shape index (κ3) is 18.0. The second-order valence-corrected chi connectivity index (χ2v) is 13.9. The monoisotopic (exact) mass is 850 g/mol. The van der Waals surface area contributed by atoms with Gasteiger partial charge in [0.25, 0.3) is 0 Å². The van der Waals surface area contributed by atoms with Gasteiger partial charge in [0.2, 0.25) is 11.8 Å². The Bertz CT molecular complexity index is 1400. The Kier molecular flexibility index (Phi) is 26.4. The van der Waals surface area contributed by atoms with E-state index in [0.717, 1.165) is 62.8 Å². The van der Waals surface area contributed by atoms with Crippen molar-refractivity contribution in [3.05, 3.63) is 108 Å². The zero-order valence-corrected chi connectivity index (χ0v) is 34.9. The van der Waals surface area contributed by atoms with E-state index >= 15 is 0 Å². The molecule has 2 N–H and O–H groups in total. The summed E-state index contributed by atoms with van der Waals surface area (Å²) in [6, 6.07) is 8.05. The summed E-state index contributed by atoms with van der Waals surface area (Å²) in [4.78, 5) is 24.7. The van der Waals surface area contributed by atoms with Crippen LogP contribution in [0.2, 0.25) is 0 Å². The Labute approximate surface area is 347 Å².